The van der Waals surface area contributed by atoms with Gasteiger partial charge in [-0.3, -0.25) is 0 Å². The van der Waals surface area contributed by atoms with E-state index in [2.05, 4.69) is 16.7 Å². The highest BCUT2D eigenvalue weighted by Gasteiger charge is 2.19. The smallest absolute Gasteiger partial charge is 0.0576 e. The van der Waals surface area contributed by atoms with E-state index in [1.807, 2.05) is 0 Å². The Morgan fingerprint density at radius 2 is 1.95 bits per heavy atom. The van der Waals surface area contributed by atoms with Crippen molar-refractivity contribution in [1.29, 1.82) is 0 Å². The van der Waals surface area contributed by atoms with Gasteiger partial charge in [0, 0.05) is 39.3 Å². The Morgan fingerprint density at radius 3 is 2.58 bits per heavy atom. The van der Waals surface area contributed by atoms with Gasteiger partial charge < -0.3 is 20.3 Å². The van der Waals surface area contributed by atoms with Gasteiger partial charge in [-0.1, -0.05) is 6.92 Å². The van der Waals surface area contributed by atoms with Crippen molar-refractivity contribution in [3.05, 3.63) is 0 Å². The van der Waals surface area contributed by atoms with E-state index in [0.29, 0.717) is 12.0 Å². The van der Waals surface area contributed by atoms with Gasteiger partial charge in [0.15, 0.2) is 0 Å². The predicted molar refractivity (Wildman–Crippen MR) is 79.3 cm³/mol. The summed E-state index contributed by atoms with van der Waals surface area (Å²) in [5.41, 5.74) is 5.69. The number of rotatable bonds is 7. The molecule has 19 heavy (non-hydrogen) atoms. The molecule has 0 aromatic carbocycles. The number of hydrogen-bond donors (Lipinski definition) is 1. The molecule has 0 aromatic rings. The second kappa shape index (κ2) is 8.20. The maximum absolute atomic E-state index is 5.69. The summed E-state index contributed by atoms with van der Waals surface area (Å²) >= 11 is 0. The molecule has 2 unspecified atom stereocenters. The molecule has 2 atom stereocenters. The van der Waals surface area contributed by atoms with Crippen LogP contribution in [0.25, 0.3) is 0 Å². The van der Waals surface area contributed by atoms with E-state index in [0.717, 1.165) is 13.2 Å². The van der Waals surface area contributed by atoms with E-state index in [4.69, 9.17) is 10.5 Å². The van der Waals surface area contributed by atoms with Crippen molar-refractivity contribution >= 4 is 0 Å². The lowest BCUT2D eigenvalue weighted by Crippen LogP contribution is -2.48. The van der Waals surface area contributed by atoms with Crippen LogP contribution in [0.5, 0.6) is 0 Å². The lowest BCUT2D eigenvalue weighted by molar-refractivity contribution is 0.0896. The topological polar surface area (TPSA) is 41.7 Å². The number of piperazine rings is 1. The van der Waals surface area contributed by atoms with Crippen molar-refractivity contribution in [2.75, 3.05) is 52.4 Å². The fraction of sp³-hybridized carbons (Fsp3) is 1.00. The molecule has 2 aliphatic rings. The average Bonchev–Trinajstić information content (AvgIpc) is 2.94. The van der Waals surface area contributed by atoms with Gasteiger partial charge in [-0.15, -0.1) is 0 Å². The van der Waals surface area contributed by atoms with Crippen LogP contribution in [0, 0.1) is 5.92 Å². The van der Waals surface area contributed by atoms with Crippen molar-refractivity contribution in [2.24, 2.45) is 11.7 Å². The molecule has 0 saturated carbocycles. The lowest BCUT2D eigenvalue weighted by atomic mass is 10.1. The highest BCUT2D eigenvalue weighted by atomic mass is 16.5. The molecule has 2 fully saturated rings. The van der Waals surface area contributed by atoms with Crippen LogP contribution in [-0.4, -0.2) is 68.3 Å². The molecular weight excluding hydrogens is 238 g/mol. The van der Waals surface area contributed by atoms with Crippen molar-refractivity contribution in [1.82, 2.24) is 9.80 Å². The first-order valence-electron chi connectivity index (χ1n) is 8.04. The zero-order chi connectivity index (χ0) is 13.5. The van der Waals surface area contributed by atoms with Crippen molar-refractivity contribution in [2.45, 2.75) is 38.7 Å². The van der Waals surface area contributed by atoms with Gasteiger partial charge in [0.05, 0.1) is 6.10 Å². The monoisotopic (exact) mass is 269 g/mol. The quantitative estimate of drug-likeness (QED) is 0.753. The zero-order valence-electron chi connectivity index (χ0n) is 12.5. The Hall–Kier alpha value is -0.160. The Morgan fingerprint density at radius 1 is 1.21 bits per heavy atom. The first-order valence-corrected chi connectivity index (χ1v) is 8.04. The summed E-state index contributed by atoms with van der Waals surface area (Å²) in [6.45, 7) is 11.3. The summed E-state index contributed by atoms with van der Waals surface area (Å²) in [4.78, 5) is 5.17. The molecule has 0 spiro atoms. The lowest BCUT2D eigenvalue weighted by Gasteiger charge is -2.35. The van der Waals surface area contributed by atoms with Gasteiger partial charge in [0.1, 0.15) is 0 Å². The standard InChI is InChI=1S/C15H31N3O/c1-14(12-16)13-18-9-7-17(8-10-18)6-2-4-15-5-3-11-19-15/h14-15H,2-13,16H2,1H3. The molecule has 0 aliphatic carbocycles. The predicted octanol–water partition coefficient (Wildman–Crippen LogP) is 1.16. The van der Waals surface area contributed by atoms with Crippen LogP contribution in [0.2, 0.25) is 0 Å². The molecule has 0 bridgehead atoms. The molecule has 2 aliphatic heterocycles. The Labute approximate surface area is 118 Å². The largest absolute Gasteiger partial charge is 0.378 e. The molecule has 2 rings (SSSR count). The fourth-order valence-corrected chi connectivity index (χ4v) is 3.13. The molecule has 2 N–H and O–H groups in total. The van der Waals surface area contributed by atoms with E-state index in [1.165, 1.54) is 65.0 Å². The minimum Gasteiger partial charge on any atom is -0.378 e. The molecule has 112 valence electrons. The molecular formula is C15H31N3O. The average molecular weight is 269 g/mol. The summed E-state index contributed by atoms with van der Waals surface area (Å²) in [6.07, 6.45) is 5.66. The molecule has 4 nitrogen and oxygen atoms in total. The number of ether oxygens (including phenoxy) is 1. The molecule has 0 amide bonds. The van der Waals surface area contributed by atoms with Crippen molar-refractivity contribution in [3.8, 4) is 0 Å². The molecule has 0 radical (unpaired) electrons. The van der Waals surface area contributed by atoms with E-state index in [1.54, 1.807) is 0 Å². The zero-order valence-corrected chi connectivity index (χ0v) is 12.5. The first kappa shape index (κ1) is 15.2. The van der Waals surface area contributed by atoms with Gasteiger partial charge in [0.25, 0.3) is 0 Å². The summed E-state index contributed by atoms with van der Waals surface area (Å²) in [6, 6.07) is 0. The minimum absolute atomic E-state index is 0.562. The van der Waals surface area contributed by atoms with E-state index >= 15 is 0 Å². The summed E-state index contributed by atoms with van der Waals surface area (Å²) in [5.74, 6) is 0.631. The van der Waals surface area contributed by atoms with E-state index in [9.17, 15) is 0 Å². The van der Waals surface area contributed by atoms with Crippen LogP contribution < -0.4 is 5.73 Å². The number of nitrogens with two attached hydrogens (primary N) is 1. The Balaban J connectivity index is 1.53. The van der Waals surface area contributed by atoms with Crippen LogP contribution >= 0.6 is 0 Å². The molecule has 0 aromatic heterocycles. The highest BCUT2D eigenvalue weighted by molar-refractivity contribution is 4.74. The van der Waals surface area contributed by atoms with Crippen molar-refractivity contribution < 1.29 is 4.74 Å². The number of hydrogen-bond acceptors (Lipinski definition) is 4. The third-order valence-electron chi connectivity index (χ3n) is 4.46. The van der Waals surface area contributed by atoms with Gasteiger partial charge >= 0.3 is 0 Å². The highest BCUT2D eigenvalue weighted by Crippen LogP contribution is 2.17. The van der Waals surface area contributed by atoms with Gasteiger partial charge in [-0.05, 0) is 44.7 Å². The van der Waals surface area contributed by atoms with Gasteiger partial charge in [0.2, 0.25) is 0 Å². The third-order valence-corrected chi connectivity index (χ3v) is 4.46. The van der Waals surface area contributed by atoms with E-state index < -0.39 is 0 Å². The third kappa shape index (κ3) is 5.38. The van der Waals surface area contributed by atoms with Crippen molar-refractivity contribution in [3.63, 3.8) is 0 Å². The van der Waals surface area contributed by atoms with Crippen LogP contribution in [0.15, 0.2) is 0 Å². The number of nitrogens with zero attached hydrogens (tertiary/aromatic N) is 2. The maximum Gasteiger partial charge on any atom is 0.0576 e. The maximum atomic E-state index is 5.69. The van der Waals surface area contributed by atoms with Crippen LogP contribution in [0.3, 0.4) is 0 Å². The summed E-state index contributed by atoms with van der Waals surface area (Å²) < 4.78 is 5.68. The van der Waals surface area contributed by atoms with Gasteiger partial charge in [-0.2, -0.15) is 0 Å². The van der Waals surface area contributed by atoms with Crippen LogP contribution in [0.4, 0.5) is 0 Å². The van der Waals surface area contributed by atoms with E-state index in [-0.39, 0.29) is 0 Å². The molecule has 4 heteroatoms. The van der Waals surface area contributed by atoms with Crippen LogP contribution in [0.1, 0.15) is 32.6 Å². The molecule has 2 saturated heterocycles. The normalized spacial score (nSPS) is 27.8. The second-order valence-electron chi connectivity index (χ2n) is 6.26. The first-order chi connectivity index (χ1) is 9.28. The Kier molecular flexibility index (Phi) is 6.57. The van der Waals surface area contributed by atoms with Gasteiger partial charge in [-0.25, -0.2) is 0 Å². The molecule has 2 heterocycles. The Bertz CT molecular complexity index is 236. The van der Waals surface area contributed by atoms with Crippen LogP contribution in [-0.2, 0) is 4.74 Å². The minimum atomic E-state index is 0.562. The fourth-order valence-electron chi connectivity index (χ4n) is 3.13. The summed E-state index contributed by atoms with van der Waals surface area (Å²) in [5, 5.41) is 0. The second-order valence-corrected chi connectivity index (χ2v) is 6.26. The SMILES string of the molecule is CC(CN)CN1CCN(CCCC2CCCO2)CC1. The summed E-state index contributed by atoms with van der Waals surface area (Å²) in [7, 11) is 0.